The van der Waals surface area contributed by atoms with Crippen molar-refractivity contribution in [1.82, 2.24) is 5.32 Å². The van der Waals surface area contributed by atoms with Crippen LogP contribution >= 0.6 is 0 Å². The van der Waals surface area contributed by atoms with Gasteiger partial charge in [-0.25, -0.2) is 0 Å². The van der Waals surface area contributed by atoms with Gasteiger partial charge in [0.2, 0.25) is 0 Å². The van der Waals surface area contributed by atoms with Crippen molar-refractivity contribution in [2.75, 3.05) is 19.7 Å². The molecule has 0 aromatic rings. The Morgan fingerprint density at radius 3 is 3.15 bits per heavy atom. The van der Waals surface area contributed by atoms with Crippen LogP contribution in [0.25, 0.3) is 0 Å². The van der Waals surface area contributed by atoms with Crippen molar-refractivity contribution in [3.8, 4) is 0 Å². The first kappa shape index (κ1) is 9.83. The lowest BCUT2D eigenvalue weighted by atomic mass is 10.1. The van der Waals surface area contributed by atoms with Gasteiger partial charge in [-0.15, -0.1) is 0 Å². The summed E-state index contributed by atoms with van der Waals surface area (Å²) in [5.41, 5.74) is 5.38. The van der Waals surface area contributed by atoms with E-state index >= 15 is 0 Å². The number of hydrogen-bond donors (Lipinski definition) is 2. The fourth-order valence-electron chi connectivity index (χ4n) is 1.04. The van der Waals surface area contributed by atoms with Gasteiger partial charge in [0.05, 0.1) is 19.1 Å². The maximum absolute atomic E-state index is 11.3. The van der Waals surface area contributed by atoms with Crippen LogP contribution in [0, 0.1) is 5.92 Å². The van der Waals surface area contributed by atoms with E-state index in [0.717, 1.165) is 6.42 Å². The van der Waals surface area contributed by atoms with Crippen molar-refractivity contribution in [2.45, 2.75) is 13.3 Å². The van der Waals surface area contributed by atoms with Gasteiger partial charge < -0.3 is 15.8 Å². The van der Waals surface area contributed by atoms with E-state index in [2.05, 4.69) is 10.3 Å². The molecule has 1 aliphatic rings. The number of rotatable bonds is 3. The van der Waals surface area contributed by atoms with Crippen LogP contribution in [0.5, 0.6) is 0 Å². The highest BCUT2D eigenvalue weighted by molar-refractivity contribution is 5.81. The molecule has 0 bridgehead atoms. The van der Waals surface area contributed by atoms with Crippen LogP contribution in [0.2, 0.25) is 0 Å². The van der Waals surface area contributed by atoms with Crippen LogP contribution < -0.4 is 11.1 Å². The van der Waals surface area contributed by atoms with Gasteiger partial charge in [0.15, 0.2) is 5.96 Å². The van der Waals surface area contributed by atoms with Gasteiger partial charge in [0, 0.05) is 6.54 Å². The minimum absolute atomic E-state index is 0.182. The molecule has 0 aliphatic carbocycles. The van der Waals surface area contributed by atoms with E-state index in [4.69, 9.17) is 10.5 Å². The van der Waals surface area contributed by atoms with Crippen LogP contribution in [0.4, 0.5) is 0 Å². The molecule has 3 N–H and O–H groups in total. The molecule has 1 heterocycles. The van der Waals surface area contributed by atoms with Gasteiger partial charge in [-0.05, 0) is 6.42 Å². The van der Waals surface area contributed by atoms with Crippen molar-refractivity contribution in [3.63, 3.8) is 0 Å². The predicted molar refractivity (Wildman–Crippen MR) is 49.2 cm³/mol. The number of hydrogen-bond acceptors (Lipinski definition) is 5. The Bertz CT molecular complexity index is 215. The summed E-state index contributed by atoms with van der Waals surface area (Å²) in [6, 6.07) is 0. The van der Waals surface area contributed by atoms with E-state index in [1.54, 1.807) is 0 Å². The van der Waals surface area contributed by atoms with E-state index in [9.17, 15) is 4.79 Å². The highest BCUT2D eigenvalue weighted by Crippen LogP contribution is 2.03. The minimum atomic E-state index is -0.189. The Kier molecular flexibility index (Phi) is 3.54. The Labute approximate surface area is 77.3 Å². The second-order valence-corrected chi connectivity index (χ2v) is 2.97. The quantitative estimate of drug-likeness (QED) is 0.580. The Morgan fingerprint density at radius 1 is 1.85 bits per heavy atom. The van der Waals surface area contributed by atoms with Crippen LogP contribution in [0.15, 0.2) is 4.99 Å². The van der Waals surface area contributed by atoms with Crippen LogP contribution in [-0.2, 0) is 9.53 Å². The largest absolute Gasteiger partial charge is 0.465 e. The summed E-state index contributed by atoms with van der Waals surface area (Å²) in [7, 11) is 0. The van der Waals surface area contributed by atoms with Gasteiger partial charge in [-0.2, -0.15) is 0 Å². The predicted octanol–water partition coefficient (Wildman–Crippen LogP) is -0.526. The number of nitrogens with zero attached hydrogens (tertiary/aromatic N) is 1. The van der Waals surface area contributed by atoms with E-state index in [0.29, 0.717) is 25.7 Å². The third-order valence-electron chi connectivity index (χ3n) is 1.79. The third kappa shape index (κ3) is 2.93. The fourth-order valence-corrected chi connectivity index (χ4v) is 1.04. The smallest absolute Gasteiger partial charge is 0.312 e. The lowest BCUT2D eigenvalue weighted by molar-refractivity contribution is -0.148. The third-order valence-corrected chi connectivity index (χ3v) is 1.79. The summed E-state index contributed by atoms with van der Waals surface area (Å²) in [6.45, 7) is 3.40. The normalized spacial score (nSPS) is 21.6. The van der Waals surface area contributed by atoms with E-state index in [-0.39, 0.29) is 11.9 Å². The van der Waals surface area contributed by atoms with E-state index in [1.807, 2.05) is 6.92 Å². The maximum Gasteiger partial charge on any atom is 0.312 e. The molecule has 0 aromatic heterocycles. The number of carbonyl (C=O) groups excluding carboxylic acids is 1. The highest BCUT2D eigenvalue weighted by Gasteiger charge is 2.22. The molecule has 1 atom stereocenters. The van der Waals surface area contributed by atoms with Crippen LogP contribution in [-0.4, -0.2) is 31.6 Å². The Hall–Kier alpha value is -1.26. The van der Waals surface area contributed by atoms with Crippen LogP contribution in [0.3, 0.4) is 0 Å². The highest BCUT2D eigenvalue weighted by atomic mass is 16.5. The molecule has 0 spiro atoms. The first-order chi connectivity index (χ1) is 6.24. The van der Waals surface area contributed by atoms with Gasteiger partial charge in [0.1, 0.15) is 0 Å². The van der Waals surface area contributed by atoms with Crippen molar-refractivity contribution >= 4 is 11.9 Å². The number of esters is 1. The average molecular weight is 185 g/mol. The first-order valence-electron chi connectivity index (χ1n) is 4.44. The zero-order chi connectivity index (χ0) is 9.68. The summed E-state index contributed by atoms with van der Waals surface area (Å²) < 4.78 is 4.98. The lowest BCUT2D eigenvalue weighted by Crippen LogP contribution is -2.43. The number of aliphatic imine (C=N–C) groups is 1. The molecule has 0 aromatic carbocycles. The van der Waals surface area contributed by atoms with Crippen molar-refractivity contribution in [2.24, 2.45) is 16.6 Å². The first-order valence-corrected chi connectivity index (χ1v) is 4.44. The summed E-state index contributed by atoms with van der Waals surface area (Å²) >= 11 is 0. The summed E-state index contributed by atoms with van der Waals surface area (Å²) in [5, 5.41) is 2.82. The van der Waals surface area contributed by atoms with Gasteiger partial charge in [0.25, 0.3) is 0 Å². The molecule has 5 heteroatoms. The van der Waals surface area contributed by atoms with Gasteiger partial charge in [-0.1, -0.05) is 6.92 Å². The van der Waals surface area contributed by atoms with Crippen LogP contribution in [0.1, 0.15) is 13.3 Å². The summed E-state index contributed by atoms with van der Waals surface area (Å²) in [6.07, 6.45) is 0.845. The van der Waals surface area contributed by atoms with E-state index < -0.39 is 0 Å². The van der Waals surface area contributed by atoms with Crippen molar-refractivity contribution in [3.05, 3.63) is 0 Å². The molecule has 0 fully saturated rings. The number of nitrogens with one attached hydrogen (secondary N) is 1. The molecule has 0 radical (unpaired) electrons. The molecule has 13 heavy (non-hydrogen) atoms. The Balaban J connectivity index is 2.32. The van der Waals surface area contributed by atoms with Gasteiger partial charge in [-0.3, -0.25) is 9.79 Å². The van der Waals surface area contributed by atoms with E-state index in [1.165, 1.54) is 0 Å². The number of guanidine groups is 1. The molecule has 1 aliphatic heterocycles. The second-order valence-electron chi connectivity index (χ2n) is 2.97. The fraction of sp³-hybridized carbons (Fsp3) is 0.750. The standard InChI is InChI=1S/C8H15N3O2/c1-2-3-13-7(12)6-4-10-8(9)11-5-6/h6H,2-5H2,1H3,(H3,9,10,11). The number of nitrogens with two attached hydrogens (primary N) is 1. The molecular weight excluding hydrogens is 170 g/mol. The van der Waals surface area contributed by atoms with Gasteiger partial charge >= 0.3 is 5.97 Å². The molecule has 0 amide bonds. The summed E-state index contributed by atoms with van der Waals surface area (Å²) in [5.74, 6) is 0.0315. The topological polar surface area (TPSA) is 76.7 Å². The molecule has 1 rings (SSSR count). The molecule has 5 nitrogen and oxygen atoms in total. The molecular formula is C8H15N3O2. The molecule has 0 saturated carbocycles. The zero-order valence-corrected chi connectivity index (χ0v) is 7.75. The molecule has 1 unspecified atom stereocenters. The SMILES string of the molecule is CCCOC(=O)C1CN=C(N)NC1. The minimum Gasteiger partial charge on any atom is -0.465 e. The monoisotopic (exact) mass is 185 g/mol. The van der Waals surface area contributed by atoms with Crippen molar-refractivity contribution < 1.29 is 9.53 Å². The lowest BCUT2D eigenvalue weighted by Gasteiger charge is -2.19. The zero-order valence-electron chi connectivity index (χ0n) is 7.75. The number of carbonyl (C=O) groups is 1. The molecule has 0 saturated heterocycles. The Morgan fingerprint density at radius 2 is 2.62 bits per heavy atom. The second kappa shape index (κ2) is 4.69. The average Bonchev–Trinajstić information content (AvgIpc) is 2.15. The maximum atomic E-state index is 11.3. The van der Waals surface area contributed by atoms with Crippen molar-refractivity contribution in [1.29, 1.82) is 0 Å². The molecule has 74 valence electrons. The number of ether oxygens (including phenoxy) is 1. The summed E-state index contributed by atoms with van der Waals surface area (Å²) in [4.78, 5) is 15.2.